The van der Waals surface area contributed by atoms with Crippen molar-refractivity contribution in [3.63, 3.8) is 0 Å². The lowest BCUT2D eigenvalue weighted by Crippen LogP contribution is -2.05. The molecule has 0 bridgehead atoms. The molecule has 23 heavy (non-hydrogen) atoms. The maximum Gasteiger partial charge on any atom is 0.194 e. The first kappa shape index (κ1) is 15.3. The van der Waals surface area contributed by atoms with Gasteiger partial charge in [0.05, 0.1) is 6.61 Å². The molecule has 3 rings (SSSR count). The molecule has 2 aromatic rings. The number of ketones is 1. The quantitative estimate of drug-likeness (QED) is 0.446. The van der Waals surface area contributed by atoms with E-state index < -0.39 is 0 Å². The Morgan fingerprint density at radius 3 is 2.39 bits per heavy atom. The number of benzene rings is 2. The van der Waals surface area contributed by atoms with Crippen LogP contribution in [0.25, 0.3) is 6.08 Å². The Morgan fingerprint density at radius 2 is 1.78 bits per heavy atom. The van der Waals surface area contributed by atoms with Crippen LogP contribution in [0, 0.1) is 0 Å². The monoisotopic (exact) mass is 310 g/mol. The first-order valence-corrected chi connectivity index (χ1v) is 7.51. The largest absolute Gasteiger partial charge is 0.491 e. The Balaban J connectivity index is 1.67. The molecule has 0 N–H and O–H groups in total. The average molecular weight is 310 g/mol. The lowest BCUT2D eigenvalue weighted by atomic mass is 10.2. The third kappa shape index (κ3) is 4.69. The van der Waals surface area contributed by atoms with Crippen LogP contribution in [-0.2, 0) is 9.53 Å². The van der Waals surface area contributed by atoms with Crippen molar-refractivity contribution in [1.29, 1.82) is 0 Å². The summed E-state index contributed by atoms with van der Waals surface area (Å²) in [6.07, 6.45) is 1.96. The van der Waals surface area contributed by atoms with Gasteiger partial charge in [-0.2, -0.15) is 0 Å². The molecule has 1 aliphatic heterocycles. The lowest BCUT2D eigenvalue weighted by Gasteiger charge is -2.09. The smallest absolute Gasteiger partial charge is 0.194 e. The lowest BCUT2D eigenvalue weighted by molar-refractivity contribution is -0.115. The molecule has 1 aliphatic rings. The second kappa shape index (κ2) is 7.11. The van der Waals surface area contributed by atoms with Gasteiger partial charge in [-0.1, -0.05) is 30.3 Å². The molecule has 1 atom stereocenters. The van der Waals surface area contributed by atoms with Crippen molar-refractivity contribution in [2.24, 2.45) is 0 Å². The summed E-state index contributed by atoms with van der Waals surface area (Å²) in [6.45, 7) is 2.82. The van der Waals surface area contributed by atoms with Crippen LogP contribution in [0.15, 0.2) is 60.4 Å². The Labute approximate surface area is 135 Å². The molecule has 4 nitrogen and oxygen atoms in total. The number of hydrogen-bond donors (Lipinski definition) is 0. The molecule has 118 valence electrons. The van der Waals surface area contributed by atoms with Gasteiger partial charge in [0.25, 0.3) is 0 Å². The summed E-state index contributed by atoms with van der Waals surface area (Å²) in [6, 6.07) is 16.8. The van der Waals surface area contributed by atoms with Gasteiger partial charge < -0.3 is 14.2 Å². The highest BCUT2D eigenvalue weighted by Crippen LogP contribution is 2.22. The molecule has 1 heterocycles. The number of epoxide rings is 1. The zero-order chi connectivity index (χ0) is 16.1. The van der Waals surface area contributed by atoms with E-state index in [1.54, 1.807) is 18.2 Å². The van der Waals surface area contributed by atoms with Crippen molar-refractivity contribution in [3.8, 4) is 11.5 Å². The molecule has 1 saturated heterocycles. The van der Waals surface area contributed by atoms with E-state index in [9.17, 15) is 4.79 Å². The molecule has 0 radical (unpaired) electrons. The zero-order valence-corrected chi connectivity index (χ0v) is 12.9. The second-order valence-corrected chi connectivity index (χ2v) is 5.32. The van der Waals surface area contributed by atoms with E-state index in [-0.39, 0.29) is 11.9 Å². The van der Waals surface area contributed by atoms with Crippen LogP contribution in [0.5, 0.6) is 11.5 Å². The minimum atomic E-state index is -0.125. The van der Waals surface area contributed by atoms with Crippen molar-refractivity contribution in [2.45, 2.75) is 13.0 Å². The minimum absolute atomic E-state index is 0.125. The van der Waals surface area contributed by atoms with Crippen molar-refractivity contribution in [2.75, 3.05) is 13.2 Å². The molecular weight excluding hydrogens is 292 g/mol. The first-order valence-electron chi connectivity index (χ1n) is 7.51. The normalized spacial score (nSPS) is 16.7. The third-order valence-electron chi connectivity index (χ3n) is 3.33. The van der Waals surface area contributed by atoms with Crippen molar-refractivity contribution < 1.29 is 19.0 Å². The van der Waals surface area contributed by atoms with Crippen molar-refractivity contribution in [1.82, 2.24) is 0 Å². The second-order valence-electron chi connectivity index (χ2n) is 5.32. The van der Waals surface area contributed by atoms with E-state index in [1.165, 1.54) is 6.92 Å². The predicted octanol–water partition coefficient (Wildman–Crippen LogP) is 3.47. The first-order chi connectivity index (χ1) is 11.2. The standard InChI is InChI=1S/C19H18O4/c1-14(20)19(11-15-5-3-2-4-6-15)23-17-9-7-16(8-10-17)21-12-18-13-22-18/h2-11,18H,12-13H2,1H3/b19-11+. The Hall–Kier alpha value is -2.59. The van der Waals surface area contributed by atoms with Gasteiger partial charge in [-0.3, -0.25) is 4.79 Å². The summed E-state index contributed by atoms with van der Waals surface area (Å²) in [7, 11) is 0. The van der Waals surface area contributed by atoms with Crippen LogP contribution in [0.3, 0.4) is 0 Å². The molecule has 4 heteroatoms. The highest BCUT2D eigenvalue weighted by atomic mass is 16.6. The number of carbonyl (C=O) groups excluding carboxylic acids is 1. The van der Waals surface area contributed by atoms with E-state index in [1.807, 2.05) is 42.5 Å². The minimum Gasteiger partial charge on any atom is -0.491 e. The summed E-state index contributed by atoms with van der Waals surface area (Å²) in [5, 5.41) is 0. The molecule has 0 aliphatic carbocycles. The number of Topliss-reactive ketones (excluding diaryl/α,β-unsaturated/α-hetero) is 1. The predicted molar refractivity (Wildman–Crippen MR) is 87.4 cm³/mol. The van der Waals surface area contributed by atoms with Gasteiger partial charge in [-0.25, -0.2) is 0 Å². The maximum atomic E-state index is 11.8. The highest BCUT2D eigenvalue weighted by Gasteiger charge is 2.22. The number of allylic oxidation sites excluding steroid dienone is 1. The molecular formula is C19H18O4. The van der Waals surface area contributed by atoms with Gasteiger partial charge in [0.2, 0.25) is 0 Å². The summed E-state index contributed by atoms with van der Waals surface area (Å²) in [5.41, 5.74) is 0.919. The number of carbonyl (C=O) groups is 1. The number of rotatable bonds is 7. The SMILES string of the molecule is CC(=O)/C(=C\c1ccccc1)Oc1ccc(OCC2CO2)cc1. The van der Waals surface area contributed by atoms with Gasteiger partial charge in [0, 0.05) is 6.92 Å². The van der Waals surface area contributed by atoms with Crippen LogP contribution in [0.1, 0.15) is 12.5 Å². The summed E-state index contributed by atoms with van der Waals surface area (Å²) >= 11 is 0. The van der Waals surface area contributed by atoms with Gasteiger partial charge in [-0.05, 0) is 35.9 Å². The molecule has 1 unspecified atom stereocenters. The van der Waals surface area contributed by atoms with Crippen LogP contribution in [0.4, 0.5) is 0 Å². The fourth-order valence-electron chi connectivity index (χ4n) is 1.99. The van der Waals surface area contributed by atoms with Gasteiger partial charge in [0.15, 0.2) is 11.5 Å². The fraction of sp³-hybridized carbons (Fsp3) is 0.211. The van der Waals surface area contributed by atoms with Gasteiger partial charge in [0.1, 0.15) is 24.2 Å². The van der Waals surface area contributed by atoms with Gasteiger partial charge >= 0.3 is 0 Å². The molecule has 0 aromatic heterocycles. The molecule has 0 amide bonds. The highest BCUT2D eigenvalue weighted by molar-refractivity contribution is 5.96. The van der Waals surface area contributed by atoms with Crippen LogP contribution in [0.2, 0.25) is 0 Å². The molecule has 0 saturated carbocycles. The van der Waals surface area contributed by atoms with Gasteiger partial charge in [-0.15, -0.1) is 0 Å². The summed E-state index contributed by atoms with van der Waals surface area (Å²) in [4.78, 5) is 11.8. The fourth-order valence-corrected chi connectivity index (χ4v) is 1.99. The van der Waals surface area contributed by atoms with E-state index in [0.29, 0.717) is 18.1 Å². The van der Waals surface area contributed by atoms with Crippen LogP contribution in [-0.4, -0.2) is 25.1 Å². The van der Waals surface area contributed by atoms with E-state index in [4.69, 9.17) is 14.2 Å². The number of ether oxygens (including phenoxy) is 3. The summed E-state index contributed by atoms with van der Waals surface area (Å²) < 4.78 is 16.4. The topological polar surface area (TPSA) is 48.1 Å². The van der Waals surface area contributed by atoms with E-state index >= 15 is 0 Å². The number of hydrogen-bond acceptors (Lipinski definition) is 4. The summed E-state index contributed by atoms with van der Waals surface area (Å²) in [5.74, 6) is 1.53. The Morgan fingerprint density at radius 1 is 1.13 bits per heavy atom. The molecule has 1 fully saturated rings. The average Bonchev–Trinajstić information content (AvgIpc) is 3.39. The van der Waals surface area contributed by atoms with Crippen LogP contribution >= 0.6 is 0 Å². The van der Waals surface area contributed by atoms with E-state index in [2.05, 4.69) is 0 Å². The van der Waals surface area contributed by atoms with Crippen molar-refractivity contribution in [3.05, 3.63) is 65.9 Å². The Bertz CT molecular complexity index is 685. The van der Waals surface area contributed by atoms with Crippen LogP contribution < -0.4 is 9.47 Å². The zero-order valence-electron chi connectivity index (χ0n) is 12.9. The molecule has 0 spiro atoms. The van der Waals surface area contributed by atoms with Crippen molar-refractivity contribution >= 4 is 11.9 Å². The Kier molecular flexibility index (Phi) is 4.74. The molecule has 2 aromatic carbocycles. The third-order valence-corrected chi connectivity index (χ3v) is 3.33. The maximum absolute atomic E-state index is 11.8. The van der Waals surface area contributed by atoms with E-state index in [0.717, 1.165) is 17.9 Å².